The standard InChI is InChI=1S/C10H16N2O3S/c1-11-8-9-4-5-10(15-9)16(13,14)12-6-2-3-7-12/h4-5,11H,2-3,6-8H2,1H3. The molecule has 1 aromatic rings. The summed E-state index contributed by atoms with van der Waals surface area (Å²) in [6.07, 6.45) is 1.87. The van der Waals surface area contributed by atoms with Crippen molar-refractivity contribution < 1.29 is 12.8 Å². The first-order valence-electron chi connectivity index (χ1n) is 5.38. The molecule has 0 aromatic carbocycles. The van der Waals surface area contributed by atoms with Gasteiger partial charge in [-0.25, -0.2) is 8.42 Å². The third kappa shape index (κ3) is 2.14. The summed E-state index contributed by atoms with van der Waals surface area (Å²) < 4.78 is 30.9. The fraction of sp³-hybridized carbons (Fsp3) is 0.600. The molecule has 1 aliphatic heterocycles. The van der Waals surface area contributed by atoms with Gasteiger partial charge in [0.1, 0.15) is 5.76 Å². The van der Waals surface area contributed by atoms with Crippen molar-refractivity contribution in [2.45, 2.75) is 24.5 Å². The molecule has 6 heteroatoms. The predicted octanol–water partition coefficient (Wildman–Crippen LogP) is 0.783. The maximum atomic E-state index is 12.1. The number of nitrogens with one attached hydrogen (secondary N) is 1. The second kappa shape index (κ2) is 4.57. The highest BCUT2D eigenvalue weighted by molar-refractivity contribution is 7.89. The van der Waals surface area contributed by atoms with Crippen molar-refractivity contribution in [3.8, 4) is 0 Å². The number of furan rings is 1. The average Bonchev–Trinajstić information content (AvgIpc) is 2.88. The minimum Gasteiger partial charge on any atom is -0.447 e. The summed E-state index contributed by atoms with van der Waals surface area (Å²) in [6, 6.07) is 3.22. The molecule has 0 amide bonds. The van der Waals surface area contributed by atoms with Crippen LogP contribution in [-0.2, 0) is 16.6 Å². The zero-order chi connectivity index (χ0) is 11.6. The van der Waals surface area contributed by atoms with Crippen molar-refractivity contribution in [3.05, 3.63) is 17.9 Å². The lowest BCUT2D eigenvalue weighted by Gasteiger charge is -2.12. The molecule has 0 aliphatic carbocycles. The van der Waals surface area contributed by atoms with E-state index in [9.17, 15) is 8.42 Å². The van der Waals surface area contributed by atoms with E-state index in [4.69, 9.17) is 4.42 Å². The Morgan fingerprint density at radius 2 is 2.06 bits per heavy atom. The topological polar surface area (TPSA) is 62.6 Å². The Morgan fingerprint density at radius 3 is 2.69 bits per heavy atom. The minimum atomic E-state index is -3.40. The van der Waals surface area contributed by atoms with Gasteiger partial charge in [-0.1, -0.05) is 0 Å². The molecule has 1 aromatic heterocycles. The summed E-state index contributed by atoms with van der Waals surface area (Å²) in [4.78, 5) is 0. The summed E-state index contributed by atoms with van der Waals surface area (Å²) in [7, 11) is -1.61. The second-order valence-electron chi connectivity index (χ2n) is 3.86. The van der Waals surface area contributed by atoms with Crippen LogP contribution in [0.3, 0.4) is 0 Å². The van der Waals surface area contributed by atoms with Crippen molar-refractivity contribution in [1.82, 2.24) is 9.62 Å². The zero-order valence-corrected chi connectivity index (χ0v) is 10.1. The molecule has 16 heavy (non-hydrogen) atoms. The van der Waals surface area contributed by atoms with Crippen LogP contribution in [0, 0.1) is 0 Å². The van der Waals surface area contributed by atoms with E-state index < -0.39 is 10.0 Å². The van der Waals surface area contributed by atoms with Gasteiger partial charge in [0.05, 0.1) is 6.54 Å². The molecule has 1 fully saturated rings. The number of nitrogens with zero attached hydrogens (tertiary/aromatic N) is 1. The van der Waals surface area contributed by atoms with Crippen molar-refractivity contribution in [3.63, 3.8) is 0 Å². The Bertz CT molecular complexity index is 446. The van der Waals surface area contributed by atoms with Gasteiger partial charge in [0, 0.05) is 13.1 Å². The second-order valence-corrected chi connectivity index (χ2v) is 5.73. The molecule has 0 atom stereocenters. The normalized spacial score (nSPS) is 18.1. The molecule has 0 bridgehead atoms. The summed E-state index contributed by atoms with van der Waals surface area (Å²) in [6.45, 7) is 1.74. The van der Waals surface area contributed by atoms with Gasteiger partial charge in [0.25, 0.3) is 10.0 Å². The molecular formula is C10H16N2O3S. The van der Waals surface area contributed by atoms with Gasteiger partial charge in [0.15, 0.2) is 0 Å². The van der Waals surface area contributed by atoms with E-state index in [1.54, 1.807) is 13.1 Å². The van der Waals surface area contributed by atoms with Crippen molar-refractivity contribution >= 4 is 10.0 Å². The van der Waals surface area contributed by atoms with Gasteiger partial charge in [-0.3, -0.25) is 0 Å². The van der Waals surface area contributed by atoms with Crippen LogP contribution in [0.5, 0.6) is 0 Å². The zero-order valence-electron chi connectivity index (χ0n) is 9.27. The molecule has 0 unspecified atom stereocenters. The lowest BCUT2D eigenvalue weighted by Crippen LogP contribution is -2.27. The van der Waals surface area contributed by atoms with Crippen LogP contribution in [0.1, 0.15) is 18.6 Å². The number of hydrogen-bond donors (Lipinski definition) is 1. The van der Waals surface area contributed by atoms with Gasteiger partial charge in [-0.15, -0.1) is 0 Å². The Labute approximate surface area is 95.5 Å². The van der Waals surface area contributed by atoms with Crippen LogP contribution < -0.4 is 5.32 Å². The first kappa shape index (κ1) is 11.6. The van der Waals surface area contributed by atoms with Crippen LogP contribution >= 0.6 is 0 Å². The average molecular weight is 244 g/mol. The first-order valence-corrected chi connectivity index (χ1v) is 6.82. The Morgan fingerprint density at radius 1 is 1.38 bits per heavy atom. The smallest absolute Gasteiger partial charge is 0.276 e. The SMILES string of the molecule is CNCc1ccc(S(=O)(=O)N2CCCC2)o1. The maximum absolute atomic E-state index is 12.1. The summed E-state index contributed by atoms with van der Waals surface area (Å²) in [5, 5.41) is 2.97. The van der Waals surface area contributed by atoms with E-state index in [1.165, 1.54) is 10.4 Å². The summed E-state index contributed by atoms with van der Waals surface area (Å²) in [5.41, 5.74) is 0. The largest absolute Gasteiger partial charge is 0.447 e. The van der Waals surface area contributed by atoms with Crippen molar-refractivity contribution in [1.29, 1.82) is 0 Å². The van der Waals surface area contributed by atoms with E-state index >= 15 is 0 Å². The van der Waals surface area contributed by atoms with Crippen LogP contribution in [0.25, 0.3) is 0 Å². The molecule has 1 saturated heterocycles. The molecule has 5 nitrogen and oxygen atoms in total. The minimum absolute atomic E-state index is 0.0552. The van der Waals surface area contributed by atoms with E-state index in [0.29, 0.717) is 25.4 Å². The molecule has 90 valence electrons. The Balaban J connectivity index is 2.21. The fourth-order valence-corrected chi connectivity index (χ4v) is 3.27. The number of rotatable bonds is 4. The van der Waals surface area contributed by atoms with Gasteiger partial charge in [-0.2, -0.15) is 4.31 Å². The third-order valence-corrected chi connectivity index (χ3v) is 4.42. The summed E-state index contributed by atoms with van der Waals surface area (Å²) >= 11 is 0. The highest BCUT2D eigenvalue weighted by atomic mass is 32.2. The summed E-state index contributed by atoms with van der Waals surface area (Å²) in [5.74, 6) is 0.639. The molecule has 0 radical (unpaired) electrons. The van der Waals surface area contributed by atoms with Crippen LogP contribution in [0.15, 0.2) is 21.6 Å². The molecular weight excluding hydrogens is 228 g/mol. The predicted molar refractivity (Wildman–Crippen MR) is 59.5 cm³/mol. The Hall–Kier alpha value is -0.850. The lowest BCUT2D eigenvalue weighted by atomic mass is 10.4. The quantitative estimate of drug-likeness (QED) is 0.850. The fourth-order valence-electron chi connectivity index (χ4n) is 1.82. The Kier molecular flexibility index (Phi) is 3.32. The molecule has 2 rings (SSSR count). The van der Waals surface area contributed by atoms with Crippen molar-refractivity contribution in [2.24, 2.45) is 0 Å². The van der Waals surface area contributed by atoms with Gasteiger partial charge in [-0.05, 0) is 32.0 Å². The van der Waals surface area contributed by atoms with Gasteiger partial charge in [0.2, 0.25) is 5.09 Å². The highest BCUT2D eigenvalue weighted by Gasteiger charge is 2.29. The first-order chi connectivity index (χ1) is 7.64. The third-order valence-electron chi connectivity index (χ3n) is 2.65. The van der Waals surface area contributed by atoms with Gasteiger partial charge >= 0.3 is 0 Å². The number of hydrogen-bond acceptors (Lipinski definition) is 4. The molecule has 1 N–H and O–H groups in total. The molecule has 2 heterocycles. The lowest BCUT2D eigenvalue weighted by molar-refractivity contribution is 0.384. The van der Waals surface area contributed by atoms with E-state index in [-0.39, 0.29) is 5.09 Å². The monoisotopic (exact) mass is 244 g/mol. The maximum Gasteiger partial charge on any atom is 0.276 e. The van der Waals surface area contributed by atoms with E-state index in [1.807, 2.05) is 0 Å². The molecule has 0 saturated carbocycles. The molecule has 1 aliphatic rings. The van der Waals surface area contributed by atoms with E-state index in [0.717, 1.165) is 12.8 Å². The van der Waals surface area contributed by atoms with Crippen LogP contribution in [-0.4, -0.2) is 32.9 Å². The van der Waals surface area contributed by atoms with Crippen LogP contribution in [0.4, 0.5) is 0 Å². The number of sulfonamides is 1. The van der Waals surface area contributed by atoms with E-state index in [2.05, 4.69) is 5.32 Å². The van der Waals surface area contributed by atoms with Crippen molar-refractivity contribution in [2.75, 3.05) is 20.1 Å². The van der Waals surface area contributed by atoms with Gasteiger partial charge < -0.3 is 9.73 Å². The molecule has 0 spiro atoms. The van der Waals surface area contributed by atoms with Crippen LogP contribution in [0.2, 0.25) is 0 Å². The highest BCUT2D eigenvalue weighted by Crippen LogP contribution is 2.22.